The fourth-order valence-corrected chi connectivity index (χ4v) is 1.18. The van der Waals surface area contributed by atoms with Gasteiger partial charge in [0.05, 0.1) is 0 Å². The summed E-state index contributed by atoms with van der Waals surface area (Å²) in [5.41, 5.74) is 0. The molecule has 5 heteroatoms. The fourth-order valence-electron chi connectivity index (χ4n) is 1.18. The van der Waals surface area contributed by atoms with Gasteiger partial charge in [0.2, 0.25) is 11.8 Å². The van der Waals surface area contributed by atoms with Crippen LogP contribution in [0.25, 0.3) is 0 Å². The second-order valence-corrected chi connectivity index (χ2v) is 2.85. The Morgan fingerprint density at radius 2 is 2.33 bits per heavy atom. The number of nitrogens with one attached hydrogen (secondary N) is 2. The highest BCUT2D eigenvalue weighted by atomic mass is 16.3. The highest BCUT2D eigenvalue weighted by Gasteiger charge is 2.26. The molecule has 1 aliphatic heterocycles. The van der Waals surface area contributed by atoms with E-state index in [1.165, 1.54) is 6.92 Å². The monoisotopic (exact) mass is 172 g/mol. The van der Waals surface area contributed by atoms with Crippen LogP contribution in [0.2, 0.25) is 0 Å². The summed E-state index contributed by atoms with van der Waals surface area (Å²) < 4.78 is 0. The van der Waals surface area contributed by atoms with Gasteiger partial charge in [-0.15, -0.1) is 0 Å². The van der Waals surface area contributed by atoms with Crippen LogP contribution >= 0.6 is 0 Å². The number of carbonyl (C=O) groups excluding carboxylic acids is 2. The lowest BCUT2D eigenvalue weighted by atomic mass is 10.1. The van der Waals surface area contributed by atoms with Crippen LogP contribution in [0.5, 0.6) is 0 Å². The molecule has 68 valence electrons. The van der Waals surface area contributed by atoms with Crippen molar-refractivity contribution in [3.8, 4) is 0 Å². The minimum absolute atomic E-state index is 0.230. The van der Waals surface area contributed by atoms with Crippen molar-refractivity contribution in [1.82, 2.24) is 10.6 Å². The van der Waals surface area contributed by atoms with Crippen molar-refractivity contribution in [2.24, 2.45) is 0 Å². The Morgan fingerprint density at radius 1 is 1.67 bits per heavy atom. The van der Waals surface area contributed by atoms with Gasteiger partial charge >= 0.3 is 0 Å². The van der Waals surface area contributed by atoms with Crippen LogP contribution in [0, 0.1) is 0 Å². The summed E-state index contributed by atoms with van der Waals surface area (Å²) in [6.07, 6.45) is 0.214. The van der Waals surface area contributed by atoms with E-state index in [1.54, 1.807) is 0 Å². The Hall–Kier alpha value is -1.10. The summed E-state index contributed by atoms with van der Waals surface area (Å²) >= 11 is 0. The first-order chi connectivity index (χ1) is 5.59. The summed E-state index contributed by atoms with van der Waals surface area (Å²) in [5, 5.41) is 13.8. The fraction of sp³-hybridized carbons (Fsp3) is 0.714. The molecule has 0 aromatic carbocycles. The van der Waals surface area contributed by atoms with Crippen molar-refractivity contribution in [1.29, 1.82) is 0 Å². The molecular weight excluding hydrogens is 160 g/mol. The molecule has 0 bridgehead atoms. The van der Waals surface area contributed by atoms with Crippen LogP contribution in [0.15, 0.2) is 0 Å². The normalized spacial score (nSPS) is 29.3. The zero-order valence-corrected chi connectivity index (χ0v) is 6.83. The minimum Gasteiger partial charge on any atom is -0.374 e. The number of hydrogen-bond donors (Lipinski definition) is 3. The van der Waals surface area contributed by atoms with E-state index in [0.29, 0.717) is 12.8 Å². The van der Waals surface area contributed by atoms with Crippen molar-refractivity contribution in [2.75, 3.05) is 0 Å². The molecule has 0 radical (unpaired) electrons. The van der Waals surface area contributed by atoms with E-state index in [9.17, 15) is 9.59 Å². The highest BCUT2D eigenvalue weighted by molar-refractivity contribution is 5.87. The molecular formula is C7H12N2O3. The molecule has 0 aliphatic carbocycles. The Balaban J connectivity index is 2.45. The molecule has 1 aliphatic rings. The maximum atomic E-state index is 11.1. The minimum atomic E-state index is -0.762. The number of rotatable bonds is 1. The largest absolute Gasteiger partial charge is 0.374 e. The van der Waals surface area contributed by atoms with Crippen LogP contribution < -0.4 is 10.6 Å². The molecule has 3 N–H and O–H groups in total. The molecule has 0 saturated carbocycles. The van der Waals surface area contributed by atoms with Gasteiger partial charge < -0.3 is 15.7 Å². The van der Waals surface area contributed by atoms with Gasteiger partial charge in [-0.2, -0.15) is 0 Å². The Kier molecular flexibility index (Phi) is 2.65. The molecule has 0 aromatic heterocycles. The van der Waals surface area contributed by atoms with E-state index in [4.69, 9.17) is 5.11 Å². The van der Waals surface area contributed by atoms with Crippen LogP contribution in [-0.2, 0) is 9.59 Å². The number of carbonyl (C=O) groups is 2. The molecule has 2 amide bonds. The van der Waals surface area contributed by atoms with Crippen molar-refractivity contribution in [3.05, 3.63) is 0 Å². The molecule has 0 aromatic rings. The summed E-state index contributed by atoms with van der Waals surface area (Å²) in [5.74, 6) is -0.546. The second kappa shape index (κ2) is 3.53. The van der Waals surface area contributed by atoms with Gasteiger partial charge in [0, 0.05) is 6.92 Å². The molecule has 5 nitrogen and oxygen atoms in total. The van der Waals surface area contributed by atoms with Gasteiger partial charge in [0.15, 0.2) is 0 Å². The zero-order valence-electron chi connectivity index (χ0n) is 6.83. The molecule has 12 heavy (non-hydrogen) atoms. The average Bonchev–Trinajstić information content (AvgIpc) is 1.94. The zero-order chi connectivity index (χ0) is 9.14. The molecule has 0 spiro atoms. The van der Waals surface area contributed by atoms with E-state index in [1.807, 2.05) is 0 Å². The average molecular weight is 172 g/mol. The Morgan fingerprint density at radius 3 is 2.83 bits per heavy atom. The van der Waals surface area contributed by atoms with Gasteiger partial charge in [-0.05, 0) is 12.8 Å². The number of piperidine rings is 1. The molecule has 2 unspecified atom stereocenters. The number of amides is 2. The summed E-state index contributed by atoms with van der Waals surface area (Å²) in [7, 11) is 0. The van der Waals surface area contributed by atoms with E-state index < -0.39 is 12.3 Å². The smallest absolute Gasteiger partial charge is 0.244 e. The maximum absolute atomic E-state index is 11.1. The van der Waals surface area contributed by atoms with Crippen LogP contribution in [0.4, 0.5) is 0 Å². The molecule has 1 rings (SSSR count). The Bertz CT molecular complexity index is 205. The predicted octanol–water partition coefficient (Wildman–Crippen LogP) is -1.28. The highest BCUT2D eigenvalue weighted by Crippen LogP contribution is 2.06. The molecule has 2 atom stereocenters. The van der Waals surface area contributed by atoms with E-state index >= 15 is 0 Å². The number of aliphatic hydroxyl groups excluding tert-OH is 1. The van der Waals surface area contributed by atoms with E-state index in [-0.39, 0.29) is 11.8 Å². The van der Waals surface area contributed by atoms with Crippen LogP contribution in [0.1, 0.15) is 19.8 Å². The first-order valence-electron chi connectivity index (χ1n) is 3.85. The lowest BCUT2D eigenvalue weighted by Gasteiger charge is -2.25. The molecule has 1 heterocycles. The summed E-state index contributed by atoms with van der Waals surface area (Å²) in [4.78, 5) is 21.6. The molecule has 1 fully saturated rings. The van der Waals surface area contributed by atoms with Crippen LogP contribution in [0.3, 0.4) is 0 Å². The maximum Gasteiger partial charge on any atom is 0.244 e. The summed E-state index contributed by atoms with van der Waals surface area (Å²) in [6.45, 7) is 1.36. The number of aliphatic hydroxyl groups is 1. The first kappa shape index (κ1) is 8.99. The third-order valence-electron chi connectivity index (χ3n) is 1.73. The Labute approximate surface area is 70.1 Å². The molecule has 1 saturated heterocycles. The van der Waals surface area contributed by atoms with Crippen LogP contribution in [-0.4, -0.2) is 29.2 Å². The van der Waals surface area contributed by atoms with Gasteiger partial charge in [-0.1, -0.05) is 0 Å². The van der Waals surface area contributed by atoms with Gasteiger partial charge in [0.25, 0.3) is 0 Å². The quantitative estimate of drug-likeness (QED) is 0.461. The first-order valence-corrected chi connectivity index (χ1v) is 3.85. The van der Waals surface area contributed by atoms with Crippen molar-refractivity contribution in [2.45, 2.75) is 32.0 Å². The van der Waals surface area contributed by atoms with Gasteiger partial charge in [-0.3, -0.25) is 9.59 Å². The number of hydrogen-bond acceptors (Lipinski definition) is 3. The third kappa shape index (κ3) is 2.20. The summed E-state index contributed by atoms with van der Waals surface area (Å²) in [6, 6.07) is -0.481. The van der Waals surface area contributed by atoms with Gasteiger partial charge in [-0.25, -0.2) is 0 Å². The second-order valence-electron chi connectivity index (χ2n) is 2.85. The van der Waals surface area contributed by atoms with E-state index in [2.05, 4.69) is 10.6 Å². The predicted molar refractivity (Wildman–Crippen MR) is 41.0 cm³/mol. The van der Waals surface area contributed by atoms with Crippen molar-refractivity contribution in [3.63, 3.8) is 0 Å². The lowest BCUT2D eigenvalue weighted by Crippen LogP contribution is -2.53. The standard InChI is InChI=1S/C7H12N2O3/c1-4(10)8-5-2-3-6(11)9-7(5)12/h5-6,11H,2-3H2,1H3,(H,8,10)(H,9,12). The van der Waals surface area contributed by atoms with Gasteiger partial charge in [0.1, 0.15) is 12.3 Å². The van der Waals surface area contributed by atoms with Crippen molar-refractivity contribution < 1.29 is 14.7 Å². The lowest BCUT2D eigenvalue weighted by molar-refractivity contribution is -0.132. The third-order valence-corrected chi connectivity index (χ3v) is 1.73. The SMILES string of the molecule is CC(=O)NC1CCC(O)NC1=O. The topological polar surface area (TPSA) is 78.4 Å². The van der Waals surface area contributed by atoms with E-state index in [0.717, 1.165) is 0 Å². The van der Waals surface area contributed by atoms with Crippen molar-refractivity contribution >= 4 is 11.8 Å².